The normalized spacial score (nSPS) is 19.0. The average Bonchev–Trinajstić information content (AvgIpc) is 3.10. The van der Waals surface area contributed by atoms with Crippen LogP contribution < -0.4 is 5.32 Å². The number of alkyl carbamates (subject to hydrolysis) is 1. The molecule has 2 atom stereocenters. The summed E-state index contributed by atoms with van der Waals surface area (Å²) < 4.78 is 9.89. The van der Waals surface area contributed by atoms with E-state index in [2.05, 4.69) is 10.1 Å². The molecule has 0 bridgehead atoms. The molecule has 3 N–H and O–H groups in total. The van der Waals surface area contributed by atoms with Gasteiger partial charge in [0.05, 0.1) is 12.7 Å². The van der Waals surface area contributed by atoms with Crippen molar-refractivity contribution in [2.45, 2.75) is 63.7 Å². The van der Waals surface area contributed by atoms with E-state index in [0.29, 0.717) is 19.3 Å². The minimum Gasteiger partial charge on any atom is -0.458 e. The highest BCUT2D eigenvalue weighted by Gasteiger charge is 2.45. The third kappa shape index (κ3) is 6.19. The van der Waals surface area contributed by atoms with Crippen LogP contribution in [0, 0.1) is 5.92 Å². The second-order valence-corrected chi connectivity index (χ2v) is 6.85. The molecule has 7 heteroatoms. The first-order valence-corrected chi connectivity index (χ1v) is 7.51. The van der Waals surface area contributed by atoms with Gasteiger partial charge in [0.2, 0.25) is 0 Å². The summed E-state index contributed by atoms with van der Waals surface area (Å²) in [5, 5.41) is 21.8. The summed E-state index contributed by atoms with van der Waals surface area (Å²) in [5.41, 5.74) is -1.51. The van der Waals surface area contributed by atoms with E-state index >= 15 is 0 Å². The van der Waals surface area contributed by atoms with Crippen LogP contribution in [0.4, 0.5) is 4.79 Å². The van der Waals surface area contributed by atoms with Crippen molar-refractivity contribution in [3.05, 3.63) is 0 Å². The molecule has 1 saturated carbocycles. The van der Waals surface area contributed by atoms with Crippen LogP contribution in [-0.2, 0) is 14.3 Å². The van der Waals surface area contributed by atoms with Crippen LogP contribution in [0.2, 0.25) is 0 Å². The number of methoxy groups -OCH3 is 1. The standard InChI is InChI=1S/C15H27NO6/c1-14(2,3)22-12(18)11(16-13(19)21-4)10(5-8-17)9-15(20)6-7-15/h10-11,17,20H,5-9H2,1-4H3,(H,16,19)/t10-,11-/m0/s1. The fraction of sp³-hybridized carbons (Fsp3) is 0.867. The number of nitrogens with one attached hydrogen (secondary N) is 1. The molecule has 1 rings (SSSR count). The molecule has 0 aromatic carbocycles. The maximum absolute atomic E-state index is 12.4. The Balaban J connectivity index is 2.88. The van der Waals surface area contributed by atoms with Crippen molar-refractivity contribution in [2.75, 3.05) is 13.7 Å². The summed E-state index contributed by atoms with van der Waals surface area (Å²) in [6.45, 7) is 5.05. The van der Waals surface area contributed by atoms with Gasteiger partial charge in [-0.3, -0.25) is 0 Å². The van der Waals surface area contributed by atoms with Crippen molar-refractivity contribution >= 4 is 12.1 Å². The van der Waals surface area contributed by atoms with E-state index in [1.807, 2.05) is 0 Å². The summed E-state index contributed by atoms with van der Waals surface area (Å²) in [5.74, 6) is -1.02. The second-order valence-electron chi connectivity index (χ2n) is 6.85. The molecule has 0 radical (unpaired) electrons. The summed E-state index contributed by atoms with van der Waals surface area (Å²) in [4.78, 5) is 23.9. The van der Waals surface area contributed by atoms with E-state index in [1.165, 1.54) is 7.11 Å². The van der Waals surface area contributed by atoms with Crippen molar-refractivity contribution in [1.82, 2.24) is 5.32 Å². The Morgan fingerprint density at radius 3 is 2.32 bits per heavy atom. The lowest BCUT2D eigenvalue weighted by Gasteiger charge is -2.30. The highest BCUT2D eigenvalue weighted by atomic mass is 16.6. The van der Waals surface area contributed by atoms with Crippen LogP contribution in [0.3, 0.4) is 0 Å². The van der Waals surface area contributed by atoms with E-state index in [-0.39, 0.29) is 13.0 Å². The monoisotopic (exact) mass is 317 g/mol. The van der Waals surface area contributed by atoms with Gasteiger partial charge in [-0.2, -0.15) is 0 Å². The van der Waals surface area contributed by atoms with Crippen molar-refractivity contribution in [3.63, 3.8) is 0 Å². The topological polar surface area (TPSA) is 105 Å². The molecule has 1 amide bonds. The van der Waals surface area contributed by atoms with Gasteiger partial charge in [0.1, 0.15) is 11.6 Å². The SMILES string of the molecule is COC(=O)N[C@H](C(=O)OC(C)(C)C)[C@@H](CCO)CC1(O)CC1. The molecule has 0 unspecified atom stereocenters. The smallest absolute Gasteiger partial charge is 0.407 e. The van der Waals surface area contributed by atoms with Crippen LogP contribution in [0.1, 0.15) is 46.5 Å². The number of aliphatic hydroxyl groups is 2. The maximum Gasteiger partial charge on any atom is 0.407 e. The third-order valence-corrected chi connectivity index (χ3v) is 3.56. The van der Waals surface area contributed by atoms with Crippen LogP contribution >= 0.6 is 0 Å². The number of hydrogen-bond acceptors (Lipinski definition) is 6. The zero-order valence-corrected chi connectivity index (χ0v) is 13.7. The Morgan fingerprint density at radius 1 is 1.32 bits per heavy atom. The first kappa shape index (κ1) is 18.7. The lowest BCUT2D eigenvalue weighted by atomic mass is 9.89. The molecular formula is C15H27NO6. The lowest BCUT2D eigenvalue weighted by molar-refractivity contribution is -0.159. The predicted molar refractivity (Wildman–Crippen MR) is 79.2 cm³/mol. The molecule has 7 nitrogen and oxygen atoms in total. The minimum absolute atomic E-state index is 0.150. The number of hydrogen-bond donors (Lipinski definition) is 3. The number of esters is 1. The molecule has 128 valence electrons. The predicted octanol–water partition coefficient (Wildman–Crippen LogP) is 0.966. The van der Waals surface area contributed by atoms with Crippen LogP contribution in [0.5, 0.6) is 0 Å². The Hall–Kier alpha value is -1.34. The molecule has 0 aliphatic heterocycles. The van der Waals surface area contributed by atoms with Crippen LogP contribution in [-0.4, -0.2) is 53.2 Å². The quantitative estimate of drug-likeness (QED) is 0.604. The number of rotatable bonds is 7. The van der Waals surface area contributed by atoms with E-state index in [9.17, 15) is 19.8 Å². The van der Waals surface area contributed by atoms with Gasteiger partial charge in [-0.25, -0.2) is 9.59 Å². The fourth-order valence-corrected chi connectivity index (χ4v) is 2.31. The highest BCUT2D eigenvalue weighted by Crippen LogP contribution is 2.42. The van der Waals surface area contributed by atoms with Gasteiger partial charge >= 0.3 is 12.1 Å². The molecule has 1 aliphatic rings. The minimum atomic E-state index is -0.969. The molecule has 0 aromatic rings. The Labute approximate surface area is 131 Å². The van der Waals surface area contributed by atoms with Gasteiger partial charge in [-0.15, -0.1) is 0 Å². The Kier molecular flexibility index (Phi) is 6.19. The van der Waals surface area contributed by atoms with Crippen molar-refractivity contribution in [1.29, 1.82) is 0 Å². The zero-order valence-electron chi connectivity index (χ0n) is 13.7. The van der Waals surface area contributed by atoms with Gasteiger partial charge in [0.15, 0.2) is 0 Å². The number of amides is 1. The van der Waals surface area contributed by atoms with E-state index < -0.39 is 35.2 Å². The van der Waals surface area contributed by atoms with Gasteiger partial charge in [-0.1, -0.05) is 0 Å². The van der Waals surface area contributed by atoms with Gasteiger partial charge in [0, 0.05) is 6.61 Å². The first-order chi connectivity index (χ1) is 10.1. The third-order valence-electron chi connectivity index (χ3n) is 3.56. The molecule has 1 aliphatic carbocycles. The number of aliphatic hydroxyl groups excluding tert-OH is 1. The summed E-state index contributed by atoms with van der Waals surface area (Å²) in [6.07, 6.45) is 1.17. The number of ether oxygens (including phenoxy) is 2. The molecule has 0 saturated heterocycles. The molecule has 22 heavy (non-hydrogen) atoms. The van der Waals surface area contributed by atoms with Crippen LogP contribution in [0.25, 0.3) is 0 Å². The summed E-state index contributed by atoms with van der Waals surface area (Å²) >= 11 is 0. The van der Waals surface area contributed by atoms with Gasteiger partial charge in [-0.05, 0) is 52.4 Å². The number of carbonyl (C=O) groups is 2. The Bertz CT molecular complexity index is 399. The zero-order chi connectivity index (χ0) is 17.0. The maximum atomic E-state index is 12.4. The van der Waals surface area contributed by atoms with Gasteiger partial charge in [0.25, 0.3) is 0 Å². The molecule has 0 aromatic heterocycles. The molecule has 0 heterocycles. The van der Waals surface area contributed by atoms with Crippen molar-refractivity contribution in [2.24, 2.45) is 5.92 Å². The molecular weight excluding hydrogens is 290 g/mol. The average molecular weight is 317 g/mol. The van der Waals surface area contributed by atoms with E-state index in [0.717, 1.165) is 0 Å². The molecule has 1 fully saturated rings. The number of carbonyl (C=O) groups excluding carboxylic acids is 2. The van der Waals surface area contributed by atoms with E-state index in [4.69, 9.17) is 4.74 Å². The van der Waals surface area contributed by atoms with E-state index in [1.54, 1.807) is 20.8 Å². The largest absolute Gasteiger partial charge is 0.458 e. The Morgan fingerprint density at radius 2 is 1.91 bits per heavy atom. The molecule has 0 spiro atoms. The lowest BCUT2D eigenvalue weighted by Crippen LogP contribution is -2.49. The summed E-state index contributed by atoms with van der Waals surface area (Å²) in [7, 11) is 1.21. The highest BCUT2D eigenvalue weighted by molar-refractivity contribution is 5.82. The fourth-order valence-electron chi connectivity index (χ4n) is 2.31. The van der Waals surface area contributed by atoms with Gasteiger partial charge < -0.3 is 25.0 Å². The summed E-state index contributed by atoms with van der Waals surface area (Å²) in [6, 6.07) is -0.969. The first-order valence-electron chi connectivity index (χ1n) is 7.51. The van der Waals surface area contributed by atoms with Crippen molar-refractivity contribution < 1.29 is 29.3 Å². The van der Waals surface area contributed by atoms with Crippen molar-refractivity contribution in [3.8, 4) is 0 Å². The second kappa shape index (κ2) is 7.28. The van der Waals surface area contributed by atoms with Crippen LogP contribution in [0.15, 0.2) is 0 Å².